The molecular formula is C14H19NO3. The van der Waals surface area contributed by atoms with Gasteiger partial charge < -0.3 is 9.84 Å². The molecule has 0 spiro atoms. The molecule has 1 heterocycles. The largest absolute Gasteiger partial charge is 0.465 e. The number of hydrogen-bond donors (Lipinski definition) is 1. The molecule has 1 atom stereocenters. The van der Waals surface area contributed by atoms with Gasteiger partial charge in [-0.05, 0) is 37.1 Å². The molecule has 2 rings (SSSR count). The highest BCUT2D eigenvalue weighted by atomic mass is 16.5. The minimum atomic E-state index is -0.309. The molecule has 0 saturated carbocycles. The Hall–Kier alpha value is -1.39. The minimum Gasteiger partial charge on any atom is -0.465 e. The zero-order chi connectivity index (χ0) is 13.0. The van der Waals surface area contributed by atoms with Gasteiger partial charge in [0.1, 0.15) is 0 Å². The van der Waals surface area contributed by atoms with E-state index in [4.69, 9.17) is 0 Å². The molecule has 0 aliphatic carbocycles. The van der Waals surface area contributed by atoms with E-state index in [-0.39, 0.29) is 18.6 Å². The van der Waals surface area contributed by atoms with Crippen LogP contribution in [0, 0.1) is 0 Å². The van der Waals surface area contributed by atoms with E-state index in [9.17, 15) is 9.90 Å². The number of nitrogens with zero attached hydrogens (tertiary/aromatic N) is 1. The first-order chi connectivity index (χ1) is 8.74. The Bertz CT molecular complexity index is 402. The average Bonchev–Trinajstić information content (AvgIpc) is 2.86. The Kier molecular flexibility index (Phi) is 4.33. The number of aliphatic hydroxyl groups excluding tert-OH is 1. The van der Waals surface area contributed by atoms with Gasteiger partial charge in [0.25, 0.3) is 0 Å². The van der Waals surface area contributed by atoms with Crippen LogP contribution in [0.5, 0.6) is 0 Å². The van der Waals surface area contributed by atoms with Crippen molar-refractivity contribution >= 4 is 5.97 Å². The van der Waals surface area contributed by atoms with E-state index in [1.807, 2.05) is 12.1 Å². The first-order valence-corrected chi connectivity index (χ1v) is 6.26. The normalized spacial score (nSPS) is 20.0. The van der Waals surface area contributed by atoms with Gasteiger partial charge in [-0.1, -0.05) is 12.1 Å². The number of likely N-dealkylation sites (tertiary alicyclic amines) is 1. The average molecular weight is 249 g/mol. The zero-order valence-electron chi connectivity index (χ0n) is 10.6. The van der Waals surface area contributed by atoms with Gasteiger partial charge in [0.15, 0.2) is 0 Å². The summed E-state index contributed by atoms with van der Waals surface area (Å²) in [6.45, 7) is 2.08. The lowest BCUT2D eigenvalue weighted by Crippen LogP contribution is -2.31. The van der Waals surface area contributed by atoms with Crippen LogP contribution in [0.4, 0.5) is 0 Å². The number of carbonyl (C=O) groups is 1. The summed E-state index contributed by atoms with van der Waals surface area (Å²) in [5.74, 6) is -0.309. The van der Waals surface area contributed by atoms with Crippen molar-refractivity contribution in [2.45, 2.75) is 25.4 Å². The van der Waals surface area contributed by atoms with Crippen LogP contribution in [-0.4, -0.2) is 42.3 Å². The fourth-order valence-electron chi connectivity index (χ4n) is 2.41. The van der Waals surface area contributed by atoms with Gasteiger partial charge in [-0.2, -0.15) is 0 Å². The van der Waals surface area contributed by atoms with Crippen LogP contribution in [-0.2, 0) is 11.3 Å². The van der Waals surface area contributed by atoms with Crippen LogP contribution in [0.2, 0.25) is 0 Å². The number of ether oxygens (including phenoxy) is 1. The Morgan fingerprint density at radius 2 is 2.17 bits per heavy atom. The molecule has 1 unspecified atom stereocenters. The Balaban J connectivity index is 2.00. The standard InChI is InChI=1S/C14H19NO3/c1-18-14(17)12-6-4-11(5-7-12)9-15-8-2-3-13(15)10-16/h4-7,13,16H,2-3,8-10H2,1H3. The molecule has 4 nitrogen and oxygen atoms in total. The van der Waals surface area contributed by atoms with Crippen LogP contribution < -0.4 is 0 Å². The van der Waals surface area contributed by atoms with Crippen LogP contribution >= 0.6 is 0 Å². The van der Waals surface area contributed by atoms with E-state index in [1.165, 1.54) is 7.11 Å². The molecule has 1 saturated heterocycles. The Morgan fingerprint density at radius 3 is 2.78 bits per heavy atom. The monoisotopic (exact) mass is 249 g/mol. The molecule has 0 bridgehead atoms. The third-order valence-electron chi connectivity index (χ3n) is 3.47. The molecule has 1 aliphatic heterocycles. The van der Waals surface area contributed by atoms with E-state index in [0.717, 1.165) is 31.5 Å². The lowest BCUT2D eigenvalue weighted by Gasteiger charge is -2.22. The van der Waals surface area contributed by atoms with Gasteiger partial charge in [-0.3, -0.25) is 4.90 Å². The number of methoxy groups -OCH3 is 1. The second kappa shape index (κ2) is 5.98. The quantitative estimate of drug-likeness (QED) is 0.820. The summed E-state index contributed by atoms with van der Waals surface area (Å²) >= 11 is 0. The van der Waals surface area contributed by atoms with Crippen molar-refractivity contribution in [1.82, 2.24) is 4.90 Å². The molecule has 18 heavy (non-hydrogen) atoms. The van der Waals surface area contributed by atoms with Crippen LogP contribution in [0.1, 0.15) is 28.8 Å². The third-order valence-corrected chi connectivity index (χ3v) is 3.47. The second-order valence-electron chi connectivity index (χ2n) is 4.64. The topological polar surface area (TPSA) is 49.8 Å². The first-order valence-electron chi connectivity index (χ1n) is 6.26. The maximum Gasteiger partial charge on any atom is 0.337 e. The molecule has 1 aliphatic rings. The van der Waals surface area contributed by atoms with Gasteiger partial charge in [-0.25, -0.2) is 4.79 Å². The molecule has 4 heteroatoms. The second-order valence-corrected chi connectivity index (χ2v) is 4.64. The van der Waals surface area contributed by atoms with E-state index >= 15 is 0 Å². The summed E-state index contributed by atoms with van der Waals surface area (Å²) < 4.78 is 4.66. The zero-order valence-corrected chi connectivity index (χ0v) is 10.6. The van der Waals surface area contributed by atoms with Crippen molar-refractivity contribution in [3.8, 4) is 0 Å². The number of aliphatic hydroxyl groups is 1. The van der Waals surface area contributed by atoms with Crippen molar-refractivity contribution in [3.05, 3.63) is 35.4 Å². The van der Waals surface area contributed by atoms with Crippen molar-refractivity contribution in [2.75, 3.05) is 20.3 Å². The van der Waals surface area contributed by atoms with Crippen molar-refractivity contribution in [3.63, 3.8) is 0 Å². The maximum absolute atomic E-state index is 11.3. The summed E-state index contributed by atoms with van der Waals surface area (Å²) in [7, 11) is 1.38. The Labute approximate surface area is 107 Å². The van der Waals surface area contributed by atoms with Crippen LogP contribution in [0.25, 0.3) is 0 Å². The maximum atomic E-state index is 11.3. The predicted octanol–water partition coefficient (Wildman–Crippen LogP) is 1.43. The van der Waals surface area contributed by atoms with E-state index in [0.29, 0.717) is 5.56 Å². The number of hydrogen-bond acceptors (Lipinski definition) is 4. The van der Waals surface area contributed by atoms with E-state index in [1.54, 1.807) is 12.1 Å². The van der Waals surface area contributed by atoms with Gasteiger partial charge in [-0.15, -0.1) is 0 Å². The lowest BCUT2D eigenvalue weighted by molar-refractivity contribution is 0.0600. The molecule has 98 valence electrons. The fourth-order valence-corrected chi connectivity index (χ4v) is 2.41. The predicted molar refractivity (Wildman–Crippen MR) is 68.3 cm³/mol. The molecule has 1 N–H and O–H groups in total. The van der Waals surface area contributed by atoms with Crippen molar-refractivity contribution in [1.29, 1.82) is 0 Å². The summed E-state index contributed by atoms with van der Waals surface area (Å²) in [4.78, 5) is 13.6. The van der Waals surface area contributed by atoms with Crippen LogP contribution in [0.15, 0.2) is 24.3 Å². The Morgan fingerprint density at radius 1 is 1.44 bits per heavy atom. The highest BCUT2D eigenvalue weighted by Crippen LogP contribution is 2.19. The SMILES string of the molecule is COC(=O)c1ccc(CN2CCCC2CO)cc1. The van der Waals surface area contributed by atoms with Gasteiger partial charge in [0, 0.05) is 12.6 Å². The highest BCUT2D eigenvalue weighted by molar-refractivity contribution is 5.89. The van der Waals surface area contributed by atoms with Crippen molar-refractivity contribution in [2.24, 2.45) is 0 Å². The molecule has 0 aromatic heterocycles. The summed E-state index contributed by atoms with van der Waals surface area (Å²) in [5, 5.41) is 9.26. The van der Waals surface area contributed by atoms with Gasteiger partial charge in [0.2, 0.25) is 0 Å². The number of carbonyl (C=O) groups excluding carboxylic acids is 1. The van der Waals surface area contributed by atoms with E-state index < -0.39 is 0 Å². The summed E-state index contributed by atoms with van der Waals surface area (Å²) in [6, 6.07) is 7.74. The van der Waals surface area contributed by atoms with Gasteiger partial charge in [0.05, 0.1) is 19.3 Å². The molecule has 1 aromatic carbocycles. The van der Waals surface area contributed by atoms with Crippen molar-refractivity contribution < 1.29 is 14.6 Å². The molecule has 1 fully saturated rings. The smallest absolute Gasteiger partial charge is 0.337 e. The summed E-state index contributed by atoms with van der Waals surface area (Å²) in [5.41, 5.74) is 1.73. The van der Waals surface area contributed by atoms with E-state index in [2.05, 4.69) is 9.64 Å². The lowest BCUT2D eigenvalue weighted by atomic mass is 10.1. The highest BCUT2D eigenvalue weighted by Gasteiger charge is 2.23. The molecule has 0 amide bonds. The molecule has 0 radical (unpaired) electrons. The van der Waals surface area contributed by atoms with Crippen LogP contribution in [0.3, 0.4) is 0 Å². The summed E-state index contributed by atoms with van der Waals surface area (Å²) in [6.07, 6.45) is 2.21. The first kappa shape index (κ1) is 13.1. The number of benzene rings is 1. The third kappa shape index (κ3) is 2.89. The van der Waals surface area contributed by atoms with Gasteiger partial charge >= 0.3 is 5.97 Å². The molecule has 1 aromatic rings. The molecular weight excluding hydrogens is 230 g/mol. The number of rotatable bonds is 4. The fraction of sp³-hybridized carbons (Fsp3) is 0.500. The minimum absolute atomic E-state index is 0.222. The number of esters is 1.